The minimum absolute atomic E-state index is 0.0210. The molecule has 0 amide bonds. The number of nitrogens with one attached hydrogen (secondary N) is 1. The quantitative estimate of drug-likeness (QED) is 0.848. The van der Waals surface area contributed by atoms with Crippen LogP contribution in [0, 0.1) is 6.92 Å². The molecule has 2 N–H and O–H groups in total. The number of aryl methyl sites for hydroxylation is 1. The lowest BCUT2D eigenvalue weighted by Gasteiger charge is -2.10. The fraction of sp³-hybridized carbons (Fsp3) is 0.231. The maximum Gasteiger partial charge on any atom is 0.271 e. The van der Waals surface area contributed by atoms with Crippen LogP contribution in [0.5, 0.6) is 0 Å². The molecule has 1 heterocycles. The van der Waals surface area contributed by atoms with E-state index in [9.17, 15) is 8.42 Å². The van der Waals surface area contributed by atoms with Crippen LogP contribution in [0.3, 0.4) is 0 Å². The van der Waals surface area contributed by atoms with Crippen molar-refractivity contribution in [2.45, 2.75) is 17.6 Å². The van der Waals surface area contributed by atoms with E-state index in [4.69, 9.17) is 28.3 Å². The lowest BCUT2D eigenvalue weighted by molar-refractivity contribution is 0.300. The molecule has 0 aliphatic heterocycles. The van der Waals surface area contributed by atoms with Crippen LogP contribution >= 0.6 is 34.5 Å². The molecule has 0 aliphatic carbocycles. The molecule has 1 aromatic heterocycles. The maximum atomic E-state index is 12.3. The molecule has 2 rings (SSSR count). The fourth-order valence-electron chi connectivity index (χ4n) is 1.67. The molecule has 0 saturated heterocycles. The van der Waals surface area contributed by atoms with Crippen LogP contribution < -0.4 is 4.72 Å². The van der Waals surface area contributed by atoms with Gasteiger partial charge in [-0.25, -0.2) is 8.42 Å². The van der Waals surface area contributed by atoms with Gasteiger partial charge in [-0.1, -0.05) is 23.2 Å². The van der Waals surface area contributed by atoms with Gasteiger partial charge in [-0.2, -0.15) is 0 Å². The van der Waals surface area contributed by atoms with E-state index in [1.165, 1.54) is 12.1 Å². The number of thiophene rings is 1. The third-order valence-electron chi connectivity index (χ3n) is 2.75. The van der Waals surface area contributed by atoms with E-state index in [0.29, 0.717) is 11.4 Å². The molecule has 21 heavy (non-hydrogen) atoms. The van der Waals surface area contributed by atoms with Crippen molar-refractivity contribution in [1.82, 2.24) is 0 Å². The Balaban J connectivity index is 2.30. The van der Waals surface area contributed by atoms with Crippen molar-refractivity contribution >= 4 is 50.2 Å². The van der Waals surface area contributed by atoms with Gasteiger partial charge in [-0.3, -0.25) is 4.72 Å². The third kappa shape index (κ3) is 3.90. The average molecular weight is 366 g/mol. The number of sulfonamides is 1. The second kappa shape index (κ2) is 6.54. The third-order valence-corrected chi connectivity index (χ3v) is 6.47. The summed E-state index contributed by atoms with van der Waals surface area (Å²) in [6.45, 7) is 1.76. The van der Waals surface area contributed by atoms with Crippen molar-refractivity contribution in [3.63, 3.8) is 0 Å². The zero-order chi connectivity index (χ0) is 15.6. The van der Waals surface area contributed by atoms with E-state index < -0.39 is 10.0 Å². The highest BCUT2D eigenvalue weighted by atomic mass is 35.5. The number of rotatable bonds is 5. The first-order valence-corrected chi connectivity index (χ1v) is 9.07. The molecular weight excluding hydrogens is 353 g/mol. The van der Waals surface area contributed by atoms with Gasteiger partial charge in [0.1, 0.15) is 4.21 Å². The van der Waals surface area contributed by atoms with Crippen molar-refractivity contribution in [3.05, 3.63) is 44.8 Å². The number of hydrogen-bond donors (Lipinski definition) is 2. The molecule has 0 saturated carbocycles. The number of hydrogen-bond acceptors (Lipinski definition) is 4. The molecule has 8 heteroatoms. The van der Waals surface area contributed by atoms with E-state index >= 15 is 0 Å². The van der Waals surface area contributed by atoms with Crippen LogP contribution in [0.15, 0.2) is 28.5 Å². The largest absolute Gasteiger partial charge is 0.396 e. The van der Waals surface area contributed by atoms with Crippen molar-refractivity contribution in [3.8, 4) is 0 Å². The van der Waals surface area contributed by atoms with Crippen LogP contribution in [0.1, 0.15) is 10.4 Å². The summed E-state index contributed by atoms with van der Waals surface area (Å²) < 4.78 is 27.2. The van der Waals surface area contributed by atoms with Gasteiger partial charge in [0.05, 0.1) is 10.7 Å². The Morgan fingerprint density at radius 1 is 1.24 bits per heavy atom. The Bertz CT molecular complexity index is 757. The molecule has 0 atom stereocenters. The topological polar surface area (TPSA) is 66.4 Å². The van der Waals surface area contributed by atoms with E-state index in [-0.39, 0.29) is 21.5 Å². The summed E-state index contributed by atoms with van der Waals surface area (Å²) in [7, 11) is -3.72. The van der Waals surface area contributed by atoms with E-state index in [0.717, 1.165) is 21.8 Å². The molecular formula is C13H13Cl2NO3S2. The highest BCUT2D eigenvalue weighted by Gasteiger charge is 2.19. The average Bonchev–Trinajstić information content (AvgIpc) is 2.86. The molecule has 0 spiro atoms. The SMILES string of the molecule is Cc1cc(Cl)c(NS(=O)(=O)c2ccc(CCO)s2)cc1Cl. The standard InChI is InChI=1S/C13H13Cl2NO3S2/c1-8-6-11(15)12(7-10(8)14)16-21(18,19)13-3-2-9(20-13)4-5-17/h2-3,6-7,16-17H,4-5H2,1H3. The highest BCUT2D eigenvalue weighted by molar-refractivity contribution is 7.94. The lowest BCUT2D eigenvalue weighted by Crippen LogP contribution is -2.11. The number of aliphatic hydroxyl groups is 1. The Morgan fingerprint density at radius 3 is 2.62 bits per heavy atom. The Hall–Kier alpha value is -0.790. The monoisotopic (exact) mass is 365 g/mol. The zero-order valence-corrected chi connectivity index (χ0v) is 14.2. The molecule has 0 radical (unpaired) electrons. The van der Waals surface area contributed by atoms with Crippen molar-refractivity contribution in [2.75, 3.05) is 11.3 Å². The van der Waals surface area contributed by atoms with Crippen LogP contribution in [-0.4, -0.2) is 20.1 Å². The molecule has 4 nitrogen and oxygen atoms in total. The van der Waals surface area contributed by atoms with Crippen LogP contribution in [-0.2, 0) is 16.4 Å². The van der Waals surface area contributed by atoms with Gasteiger partial charge in [-0.05, 0) is 36.8 Å². The molecule has 0 aliphatic rings. The first-order valence-electron chi connectivity index (χ1n) is 6.01. The summed E-state index contributed by atoms with van der Waals surface area (Å²) in [5.41, 5.74) is 1.01. The predicted molar refractivity (Wildman–Crippen MR) is 87.1 cm³/mol. The number of anilines is 1. The van der Waals surface area contributed by atoms with Gasteiger partial charge in [0.15, 0.2) is 0 Å². The molecule has 0 fully saturated rings. The fourth-order valence-corrected chi connectivity index (χ4v) is 4.57. The predicted octanol–water partition coefficient (Wildman–Crippen LogP) is 3.70. The number of halogens is 2. The van der Waals surface area contributed by atoms with Gasteiger partial charge in [0, 0.05) is 22.9 Å². The van der Waals surface area contributed by atoms with Gasteiger partial charge in [0.25, 0.3) is 10.0 Å². The van der Waals surface area contributed by atoms with Crippen molar-refractivity contribution in [1.29, 1.82) is 0 Å². The molecule has 0 bridgehead atoms. The van der Waals surface area contributed by atoms with Gasteiger partial charge >= 0.3 is 0 Å². The molecule has 0 unspecified atom stereocenters. The minimum atomic E-state index is -3.72. The maximum absolute atomic E-state index is 12.3. The minimum Gasteiger partial charge on any atom is -0.396 e. The number of benzene rings is 1. The summed E-state index contributed by atoms with van der Waals surface area (Å²) in [5.74, 6) is 0. The molecule has 114 valence electrons. The normalized spacial score (nSPS) is 11.6. The second-order valence-electron chi connectivity index (χ2n) is 4.38. The van der Waals surface area contributed by atoms with E-state index in [1.54, 1.807) is 19.1 Å². The number of aliphatic hydroxyl groups excluding tert-OH is 1. The summed E-state index contributed by atoms with van der Waals surface area (Å²) in [5, 5.41) is 9.59. The summed E-state index contributed by atoms with van der Waals surface area (Å²) in [6, 6.07) is 6.27. The molecule has 2 aromatic rings. The van der Waals surface area contributed by atoms with Gasteiger partial charge in [0.2, 0.25) is 0 Å². The highest BCUT2D eigenvalue weighted by Crippen LogP contribution is 2.31. The summed E-state index contributed by atoms with van der Waals surface area (Å²) >= 11 is 13.1. The van der Waals surface area contributed by atoms with Crippen molar-refractivity contribution < 1.29 is 13.5 Å². The van der Waals surface area contributed by atoms with Crippen LogP contribution in [0.2, 0.25) is 10.0 Å². The van der Waals surface area contributed by atoms with E-state index in [1.807, 2.05) is 0 Å². The van der Waals surface area contributed by atoms with E-state index in [2.05, 4.69) is 4.72 Å². The van der Waals surface area contributed by atoms with Crippen LogP contribution in [0.25, 0.3) is 0 Å². The molecule has 1 aromatic carbocycles. The van der Waals surface area contributed by atoms with Gasteiger partial charge < -0.3 is 5.11 Å². The Kier molecular flexibility index (Phi) is 5.16. The first kappa shape index (κ1) is 16.6. The van der Waals surface area contributed by atoms with Crippen molar-refractivity contribution in [2.24, 2.45) is 0 Å². The Morgan fingerprint density at radius 2 is 1.95 bits per heavy atom. The Labute approximate surface area is 137 Å². The van der Waals surface area contributed by atoms with Crippen LogP contribution in [0.4, 0.5) is 5.69 Å². The lowest BCUT2D eigenvalue weighted by atomic mass is 10.2. The second-order valence-corrected chi connectivity index (χ2v) is 8.27. The van der Waals surface area contributed by atoms with Gasteiger partial charge in [-0.15, -0.1) is 11.3 Å². The zero-order valence-electron chi connectivity index (χ0n) is 11.1. The summed E-state index contributed by atoms with van der Waals surface area (Å²) in [6.07, 6.45) is 0.428. The summed E-state index contributed by atoms with van der Waals surface area (Å²) in [4.78, 5) is 0.797. The smallest absolute Gasteiger partial charge is 0.271 e. The first-order chi connectivity index (χ1) is 9.83.